The second-order valence-corrected chi connectivity index (χ2v) is 4.81. The van der Waals surface area contributed by atoms with Gasteiger partial charge in [0, 0.05) is 17.0 Å². The van der Waals surface area contributed by atoms with Crippen LogP contribution in [0.2, 0.25) is 5.02 Å². The van der Waals surface area contributed by atoms with Gasteiger partial charge in [-0.05, 0) is 34.1 Å². The zero-order valence-electron chi connectivity index (χ0n) is 8.66. The van der Waals surface area contributed by atoms with Gasteiger partial charge in [-0.25, -0.2) is 4.39 Å². The highest BCUT2D eigenvalue weighted by atomic mass is 79.9. The van der Waals surface area contributed by atoms with E-state index in [1.54, 1.807) is 12.1 Å². The Bertz CT molecular complexity index is 507. The number of furan rings is 1. The van der Waals surface area contributed by atoms with Gasteiger partial charge in [-0.2, -0.15) is 0 Å². The van der Waals surface area contributed by atoms with Gasteiger partial charge in [0.2, 0.25) is 0 Å². The van der Waals surface area contributed by atoms with Crippen LogP contribution in [-0.4, -0.2) is 5.11 Å². The molecule has 0 aliphatic carbocycles. The van der Waals surface area contributed by atoms with Crippen molar-refractivity contribution in [3.63, 3.8) is 0 Å². The van der Waals surface area contributed by atoms with Crippen LogP contribution in [0.3, 0.4) is 0 Å². The number of aliphatic hydroxyl groups excluding tert-OH is 1. The zero-order chi connectivity index (χ0) is 12.4. The molecule has 1 atom stereocenters. The van der Waals surface area contributed by atoms with Crippen molar-refractivity contribution in [2.75, 3.05) is 0 Å². The second-order valence-electron chi connectivity index (χ2n) is 3.55. The van der Waals surface area contributed by atoms with Gasteiger partial charge < -0.3 is 9.52 Å². The van der Waals surface area contributed by atoms with E-state index in [0.717, 1.165) is 0 Å². The normalized spacial score (nSPS) is 12.7. The summed E-state index contributed by atoms with van der Waals surface area (Å²) in [6, 6.07) is 6.09. The third-order valence-electron chi connectivity index (χ3n) is 2.41. The number of benzene rings is 1. The van der Waals surface area contributed by atoms with E-state index in [9.17, 15) is 9.50 Å². The van der Waals surface area contributed by atoms with Gasteiger partial charge in [-0.3, -0.25) is 0 Å². The molecule has 0 saturated heterocycles. The standard InChI is InChI=1S/C12H9BrClFO2/c13-8-4-5-17-12(8)11(16)6-7-9(14)2-1-3-10(7)15/h1-5,11,16H,6H2. The number of rotatable bonds is 3. The first-order valence-electron chi connectivity index (χ1n) is 4.93. The summed E-state index contributed by atoms with van der Waals surface area (Å²) in [5.74, 6) is -0.0662. The Balaban J connectivity index is 2.25. The maximum absolute atomic E-state index is 13.5. The lowest BCUT2D eigenvalue weighted by Crippen LogP contribution is -2.03. The van der Waals surface area contributed by atoms with Crippen LogP contribution in [0.1, 0.15) is 17.4 Å². The Kier molecular flexibility index (Phi) is 3.86. The van der Waals surface area contributed by atoms with E-state index in [4.69, 9.17) is 16.0 Å². The average molecular weight is 320 g/mol. The molecule has 0 amide bonds. The Morgan fingerprint density at radius 3 is 2.76 bits per heavy atom. The van der Waals surface area contributed by atoms with Gasteiger partial charge in [-0.15, -0.1) is 0 Å². The van der Waals surface area contributed by atoms with Crippen LogP contribution in [0.15, 0.2) is 39.4 Å². The minimum absolute atomic E-state index is 0.0671. The highest BCUT2D eigenvalue weighted by Crippen LogP contribution is 2.30. The number of aliphatic hydroxyl groups is 1. The highest BCUT2D eigenvalue weighted by molar-refractivity contribution is 9.10. The van der Waals surface area contributed by atoms with Crippen molar-refractivity contribution in [3.05, 3.63) is 57.2 Å². The van der Waals surface area contributed by atoms with Crippen molar-refractivity contribution < 1.29 is 13.9 Å². The topological polar surface area (TPSA) is 33.4 Å². The highest BCUT2D eigenvalue weighted by Gasteiger charge is 2.18. The summed E-state index contributed by atoms with van der Waals surface area (Å²) in [6.07, 6.45) is 0.581. The SMILES string of the molecule is OC(Cc1c(F)cccc1Cl)c1occc1Br. The summed E-state index contributed by atoms with van der Waals surface area (Å²) in [6.45, 7) is 0. The van der Waals surface area contributed by atoms with E-state index in [1.807, 2.05) is 0 Å². The molecule has 90 valence electrons. The van der Waals surface area contributed by atoms with Crippen LogP contribution < -0.4 is 0 Å². The predicted octanol–water partition coefficient (Wildman–Crippen LogP) is 4.11. The maximum Gasteiger partial charge on any atom is 0.146 e. The molecule has 0 aliphatic heterocycles. The Morgan fingerprint density at radius 2 is 2.18 bits per heavy atom. The molecule has 0 aliphatic rings. The van der Waals surface area contributed by atoms with Crippen molar-refractivity contribution in [1.29, 1.82) is 0 Å². The Hall–Kier alpha value is -0.840. The summed E-state index contributed by atoms with van der Waals surface area (Å²) in [5.41, 5.74) is 0.282. The van der Waals surface area contributed by atoms with E-state index in [0.29, 0.717) is 15.3 Å². The molecular weight excluding hydrogens is 310 g/mol. The fourth-order valence-corrected chi connectivity index (χ4v) is 2.26. The molecule has 1 aromatic heterocycles. The minimum atomic E-state index is -0.936. The molecular formula is C12H9BrClFO2. The summed E-state index contributed by atoms with van der Waals surface area (Å²) >= 11 is 9.12. The molecule has 0 bridgehead atoms. The van der Waals surface area contributed by atoms with E-state index >= 15 is 0 Å². The summed E-state index contributed by atoms with van der Waals surface area (Å²) in [7, 11) is 0. The average Bonchev–Trinajstić information content (AvgIpc) is 2.70. The molecule has 1 unspecified atom stereocenters. The summed E-state index contributed by atoms with van der Waals surface area (Å²) in [4.78, 5) is 0. The molecule has 0 fully saturated rings. The van der Waals surface area contributed by atoms with Gasteiger partial charge >= 0.3 is 0 Å². The molecule has 0 radical (unpaired) electrons. The monoisotopic (exact) mass is 318 g/mol. The van der Waals surface area contributed by atoms with Crippen molar-refractivity contribution in [2.24, 2.45) is 0 Å². The lowest BCUT2D eigenvalue weighted by molar-refractivity contribution is 0.148. The second kappa shape index (κ2) is 5.21. The minimum Gasteiger partial charge on any atom is -0.465 e. The van der Waals surface area contributed by atoms with Crippen LogP contribution in [0.5, 0.6) is 0 Å². The fourth-order valence-electron chi connectivity index (χ4n) is 1.56. The fraction of sp³-hybridized carbons (Fsp3) is 0.167. The molecule has 2 nitrogen and oxygen atoms in total. The van der Waals surface area contributed by atoms with E-state index in [1.165, 1.54) is 18.4 Å². The third kappa shape index (κ3) is 2.70. The molecule has 17 heavy (non-hydrogen) atoms. The van der Waals surface area contributed by atoms with E-state index < -0.39 is 11.9 Å². The zero-order valence-corrected chi connectivity index (χ0v) is 11.0. The van der Waals surface area contributed by atoms with Crippen molar-refractivity contribution in [3.8, 4) is 0 Å². The van der Waals surface area contributed by atoms with Crippen LogP contribution in [-0.2, 0) is 6.42 Å². The first-order valence-corrected chi connectivity index (χ1v) is 6.10. The summed E-state index contributed by atoms with van der Waals surface area (Å²) < 4.78 is 19.3. The molecule has 2 rings (SSSR count). The van der Waals surface area contributed by atoms with Crippen LogP contribution in [0, 0.1) is 5.82 Å². The van der Waals surface area contributed by atoms with Gasteiger partial charge in [0.1, 0.15) is 17.7 Å². The number of halogens is 3. The maximum atomic E-state index is 13.5. The number of hydrogen-bond acceptors (Lipinski definition) is 2. The van der Waals surface area contributed by atoms with Gasteiger partial charge in [0.05, 0.1) is 10.7 Å². The molecule has 2 aromatic rings. The van der Waals surface area contributed by atoms with Crippen LogP contribution >= 0.6 is 27.5 Å². The Labute approximate surface area is 111 Å². The molecule has 5 heteroatoms. The van der Waals surface area contributed by atoms with Crippen molar-refractivity contribution in [1.82, 2.24) is 0 Å². The Morgan fingerprint density at radius 1 is 1.41 bits per heavy atom. The predicted molar refractivity (Wildman–Crippen MR) is 66.5 cm³/mol. The lowest BCUT2D eigenvalue weighted by Gasteiger charge is -2.10. The third-order valence-corrected chi connectivity index (χ3v) is 3.42. The molecule has 1 heterocycles. The van der Waals surface area contributed by atoms with Gasteiger partial charge in [-0.1, -0.05) is 17.7 Å². The molecule has 0 spiro atoms. The first-order chi connectivity index (χ1) is 8.09. The molecule has 1 aromatic carbocycles. The quantitative estimate of drug-likeness (QED) is 0.923. The number of hydrogen-bond donors (Lipinski definition) is 1. The lowest BCUT2D eigenvalue weighted by atomic mass is 10.1. The van der Waals surface area contributed by atoms with Crippen LogP contribution in [0.4, 0.5) is 4.39 Å². The molecule has 0 saturated carbocycles. The van der Waals surface area contributed by atoms with Gasteiger partial charge in [0.25, 0.3) is 0 Å². The van der Waals surface area contributed by atoms with E-state index in [2.05, 4.69) is 15.9 Å². The summed E-state index contributed by atoms with van der Waals surface area (Å²) in [5, 5.41) is 10.2. The smallest absolute Gasteiger partial charge is 0.146 e. The van der Waals surface area contributed by atoms with Crippen molar-refractivity contribution in [2.45, 2.75) is 12.5 Å². The first kappa shape index (κ1) is 12.6. The molecule has 1 N–H and O–H groups in total. The van der Waals surface area contributed by atoms with Gasteiger partial charge in [0.15, 0.2) is 0 Å². The van der Waals surface area contributed by atoms with Crippen molar-refractivity contribution >= 4 is 27.5 Å². The largest absolute Gasteiger partial charge is 0.465 e. The van der Waals surface area contributed by atoms with Crippen LogP contribution in [0.25, 0.3) is 0 Å². The van der Waals surface area contributed by atoms with E-state index in [-0.39, 0.29) is 12.0 Å².